The molecule has 4 rings (SSSR count). The number of piperazine rings is 1. The summed E-state index contributed by atoms with van der Waals surface area (Å²) in [6.07, 6.45) is -4.39. The fraction of sp³-hybridized carbons (Fsp3) is 0.417. The van der Waals surface area contributed by atoms with E-state index in [0.717, 1.165) is 29.8 Å². The van der Waals surface area contributed by atoms with Gasteiger partial charge in [-0.25, -0.2) is 9.78 Å². The number of ether oxygens (including phenoxy) is 2. The van der Waals surface area contributed by atoms with Crippen LogP contribution in [-0.2, 0) is 22.3 Å². The average Bonchev–Trinajstić information content (AvgIpc) is 3.20. The topological polar surface area (TPSA) is 75.1 Å². The van der Waals surface area contributed by atoms with Crippen molar-refractivity contribution in [1.29, 1.82) is 0 Å². The van der Waals surface area contributed by atoms with Gasteiger partial charge in [-0.2, -0.15) is 13.2 Å². The van der Waals surface area contributed by atoms with E-state index in [1.165, 1.54) is 17.4 Å². The van der Waals surface area contributed by atoms with Gasteiger partial charge in [0.25, 0.3) is 0 Å². The molecule has 7 nitrogen and oxygen atoms in total. The number of benzene rings is 2. The summed E-state index contributed by atoms with van der Waals surface area (Å²) < 4.78 is 50.6. The molecule has 1 aliphatic rings. The van der Waals surface area contributed by atoms with E-state index >= 15 is 0 Å². The Morgan fingerprint density at radius 1 is 1.23 bits per heavy atom. The van der Waals surface area contributed by atoms with Crippen molar-refractivity contribution in [3.05, 3.63) is 53.1 Å². The van der Waals surface area contributed by atoms with Gasteiger partial charge in [0, 0.05) is 33.3 Å². The van der Waals surface area contributed by atoms with Gasteiger partial charge in [0.05, 0.1) is 28.4 Å². The summed E-state index contributed by atoms with van der Waals surface area (Å²) in [6, 6.07) is 9.30. The second-order valence-electron chi connectivity index (χ2n) is 8.55. The van der Waals surface area contributed by atoms with Gasteiger partial charge in [0.15, 0.2) is 11.7 Å². The molecule has 11 heteroatoms. The zero-order chi connectivity index (χ0) is 25.2. The molecule has 1 N–H and O–H groups in total. The molecule has 3 aromatic rings. The number of nitrogens with zero attached hydrogens (tertiary/aromatic N) is 3. The Hall–Kier alpha value is -2.89. The van der Waals surface area contributed by atoms with Crippen molar-refractivity contribution in [3.8, 4) is 5.75 Å². The van der Waals surface area contributed by atoms with E-state index in [0.29, 0.717) is 47.3 Å². The van der Waals surface area contributed by atoms with Crippen LogP contribution < -0.4 is 9.64 Å². The summed E-state index contributed by atoms with van der Waals surface area (Å²) in [7, 11) is 1.62. The maximum atomic E-state index is 13.1. The summed E-state index contributed by atoms with van der Waals surface area (Å²) in [5, 5.41) is 9.55. The lowest BCUT2D eigenvalue weighted by Gasteiger charge is -2.41. The quantitative estimate of drug-likeness (QED) is 0.482. The van der Waals surface area contributed by atoms with Crippen LogP contribution in [-0.4, -0.2) is 67.0 Å². The Kier molecular flexibility index (Phi) is 7.48. The molecule has 0 bridgehead atoms. The van der Waals surface area contributed by atoms with Crippen LogP contribution in [0.4, 0.5) is 18.3 Å². The van der Waals surface area contributed by atoms with Crippen LogP contribution >= 0.6 is 11.3 Å². The lowest BCUT2D eigenvalue weighted by Crippen LogP contribution is -2.54. The molecule has 0 spiro atoms. The summed E-state index contributed by atoms with van der Waals surface area (Å²) in [5.41, 5.74) is 1.85. The number of hydrogen-bond donors (Lipinski definition) is 1. The first-order valence-corrected chi connectivity index (χ1v) is 11.8. The largest absolute Gasteiger partial charge is 0.482 e. The third-order valence-electron chi connectivity index (χ3n) is 5.76. The van der Waals surface area contributed by atoms with E-state index in [9.17, 15) is 18.0 Å². The number of aryl methyl sites for hydroxylation is 1. The van der Waals surface area contributed by atoms with Crippen LogP contribution in [0.2, 0.25) is 0 Å². The van der Waals surface area contributed by atoms with Crippen molar-refractivity contribution < 1.29 is 32.5 Å². The van der Waals surface area contributed by atoms with E-state index in [-0.39, 0.29) is 6.04 Å². The molecule has 1 aromatic heterocycles. The van der Waals surface area contributed by atoms with Gasteiger partial charge in [-0.15, -0.1) is 0 Å². The van der Waals surface area contributed by atoms with E-state index < -0.39 is 24.3 Å². The highest BCUT2D eigenvalue weighted by Crippen LogP contribution is 2.36. The number of aliphatic carboxylic acids is 1. The molecule has 2 aromatic carbocycles. The summed E-state index contributed by atoms with van der Waals surface area (Å²) in [5.74, 6) is -0.516. The number of fused-ring (bicyclic) bond motifs is 1. The third kappa shape index (κ3) is 6.22. The van der Waals surface area contributed by atoms with Crippen molar-refractivity contribution in [2.24, 2.45) is 0 Å². The summed E-state index contributed by atoms with van der Waals surface area (Å²) in [6.45, 7) is 4.67. The molecule has 0 aliphatic carbocycles. The fourth-order valence-corrected chi connectivity index (χ4v) is 5.37. The van der Waals surface area contributed by atoms with E-state index in [2.05, 4.69) is 14.8 Å². The molecule has 2 heterocycles. The van der Waals surface area contributed by atoms with Crippen LogP contribution in [0.3, 0.4) is 0 Å². The van der Waals surface area contributed by atoms with Crippen LogP contribution in [0, 0.1) is 6.92 Å². The van der Waals surface area contributed by atoms with Crippen LogP contribution in [0.25, 0.3) is 10.2 Å². The standard InChI is InChI=1S/C24H26F3N3O4S/c1-15-7-16(9-19(8-15)34-14-22(31)32)11-29-5-6-30(18(12-29)13-33-2)23-28-20-4-3-17(24(25,26)27)10-21(20)35-23/h3-4,7-10,18H,5-6,11-14H2,1-2H3,(H,31,32)/t18-/m0/s1. The Bertz CT molecular complexity index is 1200. The Balaban J connectivity index is 1.49. The third-order valence-corrected chi connectivity index (χ3v) is 6.81. The molecule has 0 radical (unpaired) electrons. The second kappa shape index (κ2) is 10.4. The molecule has 1 atom stereocenters. The maximum absolute atomic E-state index is 13.1. The number of methoxy groups -OCH3 is 1. The summed E-state index contributed by atoms with van der Waals surface area (Å²) >= 11 is 1.26. The van der Waals surface area contributed by atoms with Crippen LogP contribution in [0.5, 0.6) is 5.75 Å². The van der Waals surface area contributed by atoms with Crippen LogP contribution in [0.1, 0.15) is 16.7 Å². The number of rotatable bonds is 8. The molecule has 0 saturated carbocycles. The minimum Gasteiger partial charge on any atom is -0.482 e. The first-order chi connectivity index (χ1) is 16.6. The first kappa shape index (κ1) is 25.2. The Morgan fingerprint density at radius 2 is 2.03 bits per heavy atom. The average molecular weight is 510 g/mol. The molecule has 1 saturated heterocycles. The Labute approximate surface area is 204 Å². The first-order valence-electron chi connectivity index (χ1n) is 11.0. The van der Waals surface area contributed by atoms with Crippen molar-refractivity contribution in [2.45, 2.75) is 25.7 Å². The molecular weight excluding hydrogens is 483 g/mol. The predicted molar refractivity (Wildman–Crippen MR) is 127 cm³/mol. The zero-order valence-electron chi connectivity index (χ0n) is 19.3. The number of halogens is 3. The van der Waals surface area contributed by atoms with Gasteiger partial charge in [-0.1, -0.05) is 17.4 Å². The number of alkyl halides is 3. The number of carboxylic acids is 1. The fourth-order valence-electron chi connectivity index (χ4n) is 4.26. The number of aromatic nitrogens is 1. The highest BCUT2D eigenvalue weighted by atomic mass is 32.1. The predicted octanol–water partition coefficient (Wildman–Crippen LogP) is 4.42. The SMILES string of the molecule is COC[C@@H]1CN(Cc2cc(C)cc(OCC(=O)O)c2)CCN1c1nc2ccc(C(F)(F)F)cc2s1. The van der Waals surface area contributed by atoms with E-state index in [1.807, 2.05) is 19.1 Å². The lowest BCUT2D eigenvalue weighted by atomic mass is 10.1. The van der Waals surface area contributed by atoms with Crippen molar-refractivity contribution >= 4 is 32.7 Å². The molecular formula is C24H26F3N3O4S. The molecule has 0 amide bonds. The molecule has 35 heavy (non-hydrogen) atoms. The molecule has 188 valence electrons. The monoisotopic (exact) mass is 509 g/mol. The van der Waals surface area contributed by atoms with Crippen LogP contribution in [0.15, 0.2) is 36.4 Å². The molecule has 1 aliphatic heterocycles. The number of thiazole rings is 1. The highest BCUT2D eigenvalue weighted by molar-refractivity contribution is 7.22. The number of anilines is 1. The van der Waals surface area contributed by atoms with Gasteiger partial charge in [0.2, 0.25) is 0 Å². The number of carbonyl (C=O) groups is 1. The normalized spacial score (nSPS) is 17.2. The van der Waals surface area contributed by atoms with Gasteiger partial charge in [0.1, 0.15) is 5.75 Å². The second-order valence-corrected chi connectivity index (χ2v) is 9.56. The van der Waals surface area contributed by atoms with Gasteiger partial charge in [-0.3, -0.25) is 4.90 Å². The number of hydrogen-bond acceptors (Lipinski definition) is 7. The van der Waals surface area contributed by atoms with Gasteiger partial charge >= 0.3 is 12.1 Å². The lowest BCUT2D eigenvalue weighted by molar-refractivity contribution is -0.139. The van der Waals surface area contributed by atoms with Gasteiger partial charge in [-0.05, 0) is 48.4 Å². The molecule has 1 fully saturated rings. The minimum absolute atomic E-state index is 0.0241. The van der Waals surface area contributed by atoms with E-state index in [4.69, 9.17) is 14.6 Å². The number of carboxylic acid groups (broad SMARTS) is 1. The van der Waals surface area contributed by atoms with Crippen molar-refractivity contribution in [2.75, 3.05) is 44.9 Å². The Morgan fingerprint density at radius 3 is 2.74 bits per heavy atom. The van der Waals surface area contributed by atoms with Crippen molar-refractivity contribution in [1.82, 2.24) is 9.88 Å². The van der Waals surface area contributed by atoms with Gasteiger partial charge < -0.3 is 19.5 Å². The maximum Gasteiger partial charge on any atom is 0.416 e. The smallest absolute Gasteiger partial charge is 0.416 e. The van der Waals surface area contributed by atoms with E-state index in [1.54, 1.807) is 13.2 Å². The molecule has 0 unspecified atom stereocenters. The summed E-state index contributed by atoms with van der Waals surface area (Å²) in [4.78, 5) is 19.8. The zero-order valence-corrected chi connectivity index (χ0v) is 20.2. The minimum atomic E-state index is -4.39. The van der Waals surface area contributed by atoms with Crippen molar-refractivity contribution in [3.63, 3.8) is 0 Å². The highest BCUT2D eigenvalue weighted by Gasteiger charge is 2.32.